The third-order valence-corrected chi connectivity index (χ3v) is 3.39. The number of methoxy groups -OCH3 is 1. The summed E-state index contributed by atoms with van der Waals surface area (Å²) in [6, 6.07) is 5.53. The molecule has 2 aromatic rings. The maximum Gasteiger partial charge on any atom is 0.303 e. The van der Waals surface area contributed by atoms with Gasteiger partial charge in [0.15, 0.2) is 0 Å². The van der Waals surface area contributed by atoms with E-state index in [1.54, 1.807) is 7.11 Å². The predicted octanol–water partition coefficient (Wildman–Crippen LogP) is 3.31. The maximum atomic E-state index is 10.4. The molecule has 6 nitrogen and oxygen atoms in total. The van der Waals surface area contributed by atoms with Crippen molar-refractivity contribution in [2.45, 2.75) is 25.7 Å². The standard InChI is InChI=1S/C14H15BrN2O4/c1-20-11-8-9(15)6-7-10(11)14-17-16-12(21-14)4-2-3-5-13(18)19/h6-8H,2-5H2,1H3,(H,18,19). The molecule has 112 valence electrons. The number of ether oxygens (including phenoxy) is 1. The van der Waals surface area contributed by atoms with Crippen LogP contribution in [0.5, 0.6) is 5.75 Å². The van der Waals surface area contributed by atoms with Crippen LogP contribution in [-0.2, 0) is 11.2 Å². The van der Waals surface area contributed by atoms with Crippen LogP contribution in [0.2, 0.25) is 0 Å². The molecule has 0 aliphatic carbocycles. The van der Waals surface area contributed by atoms with E-state index in [2.05, 4.69) is 26.1 Å². The summed E-state index contributed by atoms with van der Waals surface area (Å²) >= 11 is 3.37. The quantitative estimate of drug-likeness (QED) is 0.767. The number of aromatic nitrogens is 2. The van der Waals surface area contributed by atoms with Crippen LogP contribution in [0.15, 0.2) is 27.1 Å². The zero-order chi connectivity index (χ0) is 15.2. The molecule has 7 heteroatoms. The summed E-state index contributed by atoms with van der Waals surface area (Å²) in [6.45, 7) is 0. The Hall–Kier alpha value is -1.89. The molecule has 1 aromatic carbocycles. The van der Waals surface area contributed by atoms with Crippen molar-refractivity contribution in [2.24, 2.45) is 0 Å². The molecule has 0 bridgehead atoms. The van der Waals surface area contributed by atoms with Crippen LogP contribution in [0.3, 0.4) is 0 Å². The fraction of sp³-hybridized carbons (Fsp3) is 0.357. The number of carboxylic acid groups (broad SMARTS) is 1. The molecule has 0 fully saturated rings. The van der Waals surface area contributed by atoms with Gasteiger partial charge in [0.25, 0.3) is 5.89 Å². The monoisotopic (exact) mass is 354 g/mol. The fourth-order valence-corrected chi connectivity index (χ4v) is 2.20. The van der Waals surface area contributed by atoms with Crippen molar-refractivity contribution in [2.75, 3.05) is 7.11 Å². The molecular formula is C14H15BrN2O4. The number of nitrogens with zero attached hydrogens (tertiary/aromatic N) is 2. The minimum Gasteiger partial charge on any atom is -0.496 e. The maximum absolute atomic E-state index is 10.4. The number of carbonyl (C=O) groups is 1. The fourth-order valence-electron chi connectivity index (χ4n) is 1.86. The van der Waals surface area contributed by atoms with Gasteiger partial charge in [0.1, 0.15) is 5.75 Å². The summed E-state index contributed by atoms with van der Waals surface area (Å²) < 4.78 is 11.8. The van der Waals surface area contributed by atoms with E-state index in [1.807, 2.05) is 18.2 Å². The Labute approximate surface area is 130 Å². The lowest BCUT2D eigenvalue weighted by atomic mass is 10.2. The van der Waals surface area contributed by atoms with Crippen molar-refractivity contribution in [1.29, 1.82) is 0 Å². The molecule has 0 atom stereocenters. The summed E-state index contributed by atoms with van der Waals surface area (Å²) in [5.74, 6) is 0.749. The van der Waals surface area contributed by atoms with Gasteiger partial charge in [0.05, 0.1) is 12.7 Å². The van der Waals surface area contributed by atoms with Gasteiger partial charge >= 0.3 is 5.97 Å². The molecule has 0 saturated carbocycles. The number of unbranched alkanes of at least 4 members (excludes halogenated alkanes) is 1. The molecule has 1 N–H and O–H groups in total. The van der Waals surface area contributed by atoms with Crippen LogP contribution < -0.4 is 4.74 Å². The van der Waals surface area contributed by atoms with Gasteiger partial charge in [-0.05, 0) is 31.0 Å². The van der Waals surface area contributed by atoms with E-state index in [9.17, 15) is 4.79 Å². The first-order valence-electron chi connectivity index (χ1n) is 6.48. The van der Waals surface area contributed by atoms with Crippen molar-refractivity contribution in [3.8, 4) is 17.2 Å². The normalized spacial score (nSPS) is 10.6. The number of benzene rings is 1. The lowest BCUT2D eigenvalue weighted by Gasteiger charge is -2.04. The van der Waals surface area contributed by atoms with Crippen LogP contribution in [0.25, 0.3) is 11.5 Å². The van der Waals surface area contributed by atoms with Gasteiger partial charge in [-0.1, -0.05) is 15.9 Å². The SMILES string of the molecule is COc1cc(Br)ccc1-c1nnc(CCCCC(=O)O)o1. The number of hydrogen-bond donors (Lipinski definition) is 1. The van der Waals surface area contributed by atoms with Gasteiger partial charge in [-0.3, -0.25) is 4.79 Å². The molecule has 21 heavy (non-hydrogen) atoms. The van der Waals surface area contributed by atoms with Gasteiger partial charge in [-0.2, -0.15) is 0 Å². The van der Waals surface area contributed by atoms with E-state index in [4.69, 9.17) is 14.3 Å². The first-order chi connectivity index (χ1) is 10.1. The Bertz CT molecular complexity index is 627. The van der Waals surface area contributed by atoms with Gasteiger partial charge in [0, 0.05) is 17.3 Å². The average molecular weight is 355 g/mol. The molecule has 0 radical (unpaired) electrons. The second-order valence-corrected chi connectivity index (χ2v) is 5.36. The van der Waals surface area contributed by atoms with Gasteiger partial charge < -0.3 is 14.3 Å². The number of hydrogen-bond acceptors (Lipinski definition) is 5. The van der Waals surface area contributed by atoms with E-state index in [0.29, 0.717) is 36.8 Å². The van der Waals surface area contributed by atoms with E-state index < -0.39 is 5.97 Å². The highest BCUT2D eigenvalue weighted by Crippen LogP contribution is 2.31. The van der Waals surface area contributed by atoms with E-state index in [1.165, 1.54) is 0 Å². The number of halogens is 1. The molecule has 1 heterocycles. The summed E-state index contributed by atoms with van der Waals surface area (Å²) in [5.41, 5.74) is 0.727. The number of carboxylic acids is 1. The Morgan fingerprint density at radius 1 is 1.38 bits per heavy atom. The zero-order valence-electron chi connectivity index (χ0n) is 11.5. The summed E-state index contributed by atoms with van der Waals surface area (Å²) in [7, 11) is 1.58. The Kier molecular flexibility index (Phi) is 5.32. The molecule has 0 spiro atoms. The van der Waals surface area contributed by atoms with Crippen molar-refractivity contribution < 1.29 is 19.1 Å². The summed E-state index contributed by atoms with van der Waals surface area (Å²) in [5, 5.41) is 16.6. The number of aliphatic carboxylic acids is 1. The first-order valence-corrected chi connectivity index (χ1v) is 7.27. The summed E-state index contributed by atoms with van der Waals surface area (Å²) in [4.78, 5) is 10.4. The van der Waals surface area contributed by atoms with Crippen molar-refractivity contribution in [1.82, 2.24) is 10.2 Å². The molecule has 2 rings (SSSR count). The Morgan fingerprint density at radius 3 is 2.90 bits per heavy atom. The van der Waals surface area contributed by atoms with Crippen molar-refractivity contribution in [3.05, 3.63) is 28.6 Å². The third kappa shape index (κ3) is 4.29. The zero-order valence-corrected chi connectivity index (χ0v) is 13.1. The highest BCUT2D eigenvalue weighted by atomic mass is 79.9. The van der Waals surface area contributed by atoms with E-state index in [-0.39, 0.29) is 6.42 Å². The number of rotatable bonds is 7. The van der Waals surface area contributed by atoms with Gasteiger partial charge in [0.2, 0.25) is 5.89 Å². The molecule has 0 amide bonds. The molecule has 0 unspecified atom stereocenters. The largest absolute Gasteiger partial charge is 0.496 e. The molecular weight excluding hydrogens is 340 g/mol. The van der Waals surface area contributed by atoms with E-state index >= 15 is 0 Å². The third-order valence-electron chi connectivity index (χ3n) is 2.89. The average Bonchev–Trinajstić information content (AvgIpc) is 2.92. The summed E-state index contributed by atoms with van der Waals surface area (Å²) in [6.07, 6.45) is 2.01. The topological polar surface area (TPSA) is 85.5 Å². The minimum atomic E-state index is -0.791. The molecule has 0 aliphatic heterocycles. The highest BCUT2D eigenvalue weighted by Gasteiger charge is 2.13. The second-order valence-electron chi connectivity index (χ2n) is 4.45. The van der Waals surface area contributed by atoms with Crippen molar-refractivity contribution in [3.63, 3.8) is 0 Å². The van der Waals surface area contributed by atoms with Crippen molar-refractivity contribution >= 4 is 21.9 Å². The first kappa shape index (κ1) is 15.5. The predicted molar refractivity (Wildman–Crippen MR) is 79.2 cm³/mol. The lowest BCUT2D eigenvalue weighted by molar-refractivity contribution is -0.137. The van der Waals surface area contributed by atoms with Crippen LogP contribution in [-0.4, -0.2) is 28.4 Å². The lowest BCUT2D eigenvalue weighted by Crippen LogP contribution is -1.95. The number of aryl methyl sites for hydroxylation is 1. The van der Waals surface area contributed by atoms with Crippen LogP contribution in [0.4, 0.5) is 0 Å². The minimum absolute atomic E-state index is 0.154. The van der Waals surface area contributed by atoms with E-state index in [0.717, 1.165) is 10.0 Å². The van der Waals surface area contributed by atoms with Gasteiger partial charge in [-0.15, -0.1) is 10.2 Å². The van der Waals surface area contributed by atoms with Crippen LogP contribution in [0, 0.1) is 0 Å². The molecule has 1 aromatic heterocycles. The molecule has 0 saturated heterocycles. The van der Waals surface area contributed by atoms with Crippen LogP contribution in [0.1, 0.15) is 25.2 Å². The Morgan fingerprint density at radius 2 is 2.19 bits per heavy atom. The highest BCUT2D eigenvalue weighted by molar-refractivity contribution is 9.10. The smallest absolute Gasteiger partial charge is 0.303 e. The second kappa shape index (κ2) is 7.21. The molecule has 0 aliphatic rings. The van der Waals surface area contributed by atoms with Crippen LogP contribution >= 0.6 is 15.9 Å². The van der Waals surface area contributed by atoms with Gasteiger partial charge in [-0.25, -0.2) is 0 Å². The Balaban J connectivity index is 2.04.